The van der Waals surface area contributed by atoms with Gasteiger partial charge in [0, 0.05) is 18.9 Å². The van der Waals surface area contributed by atoms with Gasteiger partial charge in [0.1, 0.15) is 30.5 Å². The second kappa shape index (κ2) is 12.8. The maximum atomic E-state index is 11.9. The third-order valence-electron chi connectivity index (χ3n) is 14.2. The lowest BCUT2D eigenvalue weighted by Crippen LogP contribution is -2.63. The maximum absolute atomic E-state index is 11.9. The summed E-state index contributed by atoms with van der Waals surface area (Å²) in [5.41, 5.74) is 4.03. The van der Waals surface area contributed by atoms with E-state index in [9.17, 15) is 25.2 Å². The summed E-state index contributed by atoms with van der Waals surface area (Å²) >= 11 is 0. The lowest BCUT2D eigenvalue weighted by atomic mass is 9.43. The minimum Gasteiger partial charge on any atom is -0.462 e. The van der Waals surface area contributed by atoms with Gasteiger partial charge >= 0.3 is 5.97 Å². The van der Waals surface area contributed by atoms with Gasteiger partial charge < -0.3 is 29.9 Å². The quantitative estimate of drug-likeness (QED) is 0.161. The number of hydroxylamine groups is 2. The average molecular weight is 636 g/mol. The Morgan fingerprint density at radius 1 is 0.978 bits per heavy atom. The van der Waals surface area contributed by atoms with Crippen LogP contribution in [0.15, 0.2) is 11.1 Å². The molecule has 9 heteroatoms. The second-order valence-corrected chi connectivity index (χ2v) is 16.5. The lowest BCUT2D eigenvalue weighted by Gasteiger charge is -2.62. The van der Waals surface area contributed by atoms with E-state index in [1.165, 1.54) is 37.9 Å². The number of nitrogens with zero attached hydrogens (tertiary/aromatic N) is 1. The predicted octanol–water partition coefficient (Wildman–Crippen LogP) is 4.75. The summed E-state index contributed by atoms with van der Waals surface area (Å²) in [6, 6.07) is 0. The first-order valence-corrected chi connectivity index (χ1v) is 17.6. The van der Waals surface area contributed by atoms with Crippen LogP contribution in [0.25, 0.3) is 0 Å². The average Bonchev–Trinajstić information content (AvgIpc) is 3.27. The first-order valence-electron chi connectivity index (χ1n) is 17.6. The molecule has 9 nitrogen and oxygen atoms in total. The summed E-state index contributed by atoms with van der Waals surface area (Å²) in [7, 11) is 1.51. The van der Waals surface area contributed by atoms with Gasteiger partial charge in [0.2, 0.25) is 0 Å². The van der Waals surface area contributed by atoms with Crippen molar-refractivity contribution in [2.24, 2.45) is 39.4 Å². The highest BCUT2D eigenvalue weighted by Crippen LogP contribution is 2.72. The van der Waals surface area contributed by atoms with Crippen LogP contribution in [0.1, 0.15) is 113 Å². The van der Waals surface area contributed by atoms with Crippen molar-refractivity contribution in [2.75, 3.05) is 20.3 Å². The van der Waals surface area contributed by atoms with E-state index < -0.39 is 37.3 Å². The zero-order valence-electron chi connectivity index (χ0n) is 29.1. The Labute approximate surface area is 270 Å². The summed E-state index contributed by atoms with van der Waals surface area (Å²) in [5.74, 6) is 1.47. The van der Waals surface area contributed by atoms with Crippen LogP contribution in [-0.2, 0) is 19.1 Å². The largest absolute Gasteiger partial charge is 0.462 e. The predicted molar refractivity (Wildman–Crippen MR) is 170 cm³/mol. The maximum Gasteiger partial charge on any atom is 0.302 e. The molecule has 2 saturated carbocycles. The standard InChI is InChI=1S/C36H61NO8/c1-21(10-9-19-37(43-8)32-31(42)30(41)29(40)26(20-38)45-32)23-13-17-36(7)25-11-12-27-33(3,4)28(44-22(2)39)15-16-34(27,5)24(25)14-18-35(23,36)6/h21,23,26-32,38,40-42H,9-20H2,1-8H3/t21-,23-,26+,27+,28+,29+,30-,31+,32?,34-,35-,36+/m1/s1. The summed E-state index contributed by atoms with van der Waals surface area (Å²) in [5, 5.41) is 42.2. The SMILES string of the molecule is CON(CCC[C@@H](C)[C@H]1CC[C@@]2(C)C3=C(CC[C@]12C)[C@@]1(C)CC[C@H](OC(C)=O)C(C)(C)[C@@H]1CC3)C1O[C@@H](CO)[C@H](O)[C@@H](O)[C@@H]1O. The van der Waals surface area contributed by atoms with E-state index in [1.54, 1.807) is 18.1 Å². The summed E-state index contributed by atoms with van der Waals surface area (Å²) in [6.07, 6.45) is 4.92. The number of hydrogen-bond acceptors (Lipinski definition) is 9. The Hall–Kier alpha value is -1.07. The fourth-order valence-electron chi connectivity index (χ4n) is 11.4. The lowest BCUT2D eigenvalue weighted by molar-refractivity contribution is -0.328. The number of aliphatic hydroxyl groups is 4. The molecular formula is C36H61NO8. The molecule has 5 aliphatic rings. The van der Waals surface area contributed by atoms with Crippen molar-refractivity contribution < 1.29 is 39.5 Å². The van der Waals surface area contributed by atoms with Crippen molar-refractivity contribution in [1.29, 1.82) is 0 Å². The number of rotatable bonds is 9. The Balaban J connectivity index is 1.27. The van der Waals surface area contributed by atoms with E-state index in [2.05, 4.69) is 41.5 Å². The minimum absolute atomic E-state index is 0.00822. The third-order valence-corrected chi connectivity index (χ3v) is 14.2. The summed E-state index contributed by atoms with van der Waals surface area (Å²) < 4.78 is 11.6. The summed E-state index contributed by atoms with van der Waals surface area (Å²) in [6.45, 7) is 16.3. The van der Waals surface area contributed by atoms with Gasteiger partial charge in [-0.15, -0.1) is 0 Å². The molecule has 4 N–H and O–H groups in total. The van der Waals surface area contributed by atoms with Gasteiger partial charge in [-0.3, -0.25) is 9.63 Å². The van der Waals surface area contributed by atoms with Gasteiger partial charge in [-0.25, -0.2) is 0 Å². The number of ether oxygens (including phenoxy) is 2. The number of hydrogen-bond donors (Lipinski definition) is 4. The second-order valence-electron chi connectivity index (χ2n) is 16.5. The number of fused-ring (bicyclic) bond motifs is 4. The molecule has 5 rings (SSSR count). The minimum atomic E-state index is -1.42. The van der Waals surface area contributed by atoms with Crippen LogP contribution in [0, 0.1) is 39.4 Å². The summed E-state index contributed by atoms with van der Waals surface area (Å²) in [4.78, 5) is 17.5. The first kappa shape index (κ1) is 35.2. The van der Waals surface area contributed by atoms with Crippen LogP contribution in [-0.4, -0.2) is 88.5 Å². The molecule has 258 valence electrons. The van der Waals surface area contributed by atoms with Gasteiger partial charge in [0.15, 0.2) is 6.23 Å². The molecular weight excluding hydrogens is 574 g/mol. The van der Waals surface area contributed by atoms with Crippen LogP contribution >= 0.6 is 0 Å². The van der Waals surface area contributed by atoms with Crippen molar-refractivity contribution in [1.82, 2.24) is 5.06 Å². The molecule has 1 unspecified atom stereocenters. The van der Waals surface area contributed by atoms with E-state index in [0.29, 0.717) is 24.3 Å². The molecule has 0 aromatic rings. The van der Waals surface area contributed by atoms with Crippen molar-refractivity contribution in [3.63, 3.8) is 0 Å². The van der Waals surface area contributed by atoms with Crippen LogP contribution in [0.3, 0.4) is 0 Å². The van der Waals surface area contributed by atoms with Gasteiger partial charge in [0.25, 0.3) is 0 Å². The molecule has 0 radical (unpaired) electrons. The molecule has 0 amide bonds. The molecule has 12 atom stereocenters. The monoisotopic (exact) mass is 635 g/mol. The van der Waals surface area contributed by atoms with E-state index >= 15 is 0 Å². The van der Waals surface area contributed by atoms with E-state index in [0.717, 1.165) is 38.5 Å². The molecule has 4 aliphatic carbocycles. The highest BCUT2D eigenvalue weighted by atomic mass is 16.7. The highest BCUT2D eigenvalue weighted by Gasteiger charge is 2.63. The molecule has 1 heterocycles. The third kappa shape index (κ3) is 5.64. The number of carbonyl (C=O) groups is 1. The van der Waals surface area contributed by atoms with Gasteiger partial charge in [0.05, 0.1) is 13.7 Å². The smallest absolute Gasteiger partial charge is 0.302 e. The Kier molecular flexibility index (Phi) is 9.99. The highest BCUT2D eigenvalue weighted by molar-refractivity contribution is 5.66. The number of allylic oxidation sites excluding steroid dienone is 2. The van der Waals surface area contributed by atoms with E-state index in [4.69, 9.17) is 14.3 Å². The molecule has 0 bridgehead atoms. The van der Waals surface area contributed by atoms with Crippen LogP contribution < -0.4 is 0 Å². The number of aliphatic hydroxyl groups excluding tert-OH is 4. The fourth-order valence-corrected chi connectivity index (χ4v) is 11.4. The van der Waals surface area contributed by atoms with Crippen molar-refractivity contribution in [3.8, 4) is 0 Å². The van der Waals surface area contributed by atoms with Crippen LogP contribution in [0.2, 0.25) is 0 Å². The van der Waals surface area contributed by atoms with Gasteiger partial charge in [-0.1, -0.05) is 52.7 Å². The fraction of sp³-hybridized carbons (Fsp3) is 0.917. The molecule has 0 aromatic carbocycles. The van der Waals surface area contributed by atoms with E-state index in [1.807, 2.05) is 0 Å². The molecule has 0 aromatic heterocycles. The van der Waals surface area contributed by atoms with Crippen molar-refractivity contribution >= 4 is 5.97 Å². The number of esters is 1. The topological polar surface area (TPSA) is 129 Å². The normalized spacial score (nSPS) is 45.1. The molecule has 1 saturated heterocycles. The van der Waals surface area contributed by atoms with Gasteiger partial charge in [-0.05, 0) is 98.2 Å². The zero-order chi connectivity index (χ0) is 33.1. The molecule has 45 heavy (non-hydrogen) atoms. The van der Waals surface area contributed by atoms with Crippen molar-refractivity contribution in [3.05, 3.63) is 11.1 Å². The molecule has 0 spiro atoms. The van der Waals surface area contributed by atoms with Gasteiger partial charge in [-0.2, -0.15) is 5.06 Å². The van der Waals surface area contributed by atoms with Crippen LogP contribution in [0.5, 0.6) is 0 Å². The molecule has 1 aliphatic heterocycles. The Morgan fingerprint density at radius 2 is 1.69 bits per heavy atom. The van der Waals surface area contributed by atoms with Crippen molar-refractivity contribution in [2.45, 2.75) is 149 Å². The van der Waals surface area contributed by atoms with E-state index in [-0.39, 0.29) is 33.7 Å². The molecule has 3 fully saturated rings. The number of carbonyl (C=O) groups excluding carboxylic acids is 1. The zero-order valence-corrected chi connectivity index (χ0v) is 29.1. The Bertz CT molecular complexity index is 1120. The Morgan fingerprint density at radius 3 is 2.33 bits per heavy atom. The van der Waals surface area contributed by atoms with Crippen LogP contribution in [0.4, 0.5) is 0 Å². The first-order chi connectivity index (χ1) is 21.1.